The first-order valence-electron chi connectivity index (χ1n) is 9.18. The molecular weight excluding hydrogens is 474 g/mol. The van der Waals surface area contributed by atoms with Crippen molar-refractivity contribution in [2.45, 2.75) is 19.4 Å². The lowest BCUT2D eigenvalue weighted by molar-refractivity contribution is 0.161. The Morgan fingerprint density at radius 1 is 1.21 bits per heavy atom. The predicted molar refractivity (Wildman–Crippen MR) is 112 cm³/mol. The number of nitrogens with one attached hydrogen (secondary N) is 1. The highest BCUT2D eigenvalue weighted by molar-refractivity contribution is 14.1. The molecule has 6 nitrogen and oxygen atoms in total. The van der Waals surface area contributed by atoms with Crippen LogP contribution in [0.25, 0.3) is 11.1 Å². The number of ether oxygens (including phenoxy) is 2. The van der Waals surface area contributed by atoms with E-state index in [2.05, 4.69) is 44.0 Å². The first-order chi connectivity index (χ1) is 13.7. The van der Waals surface area contributed by atoms with E-state index in [1.165, 1.54) is 11.6 Å². The Kier molecular flexibility index (Phi) is 4.67. The van der Waals surface area contributed by atoms with E-state index in [-0.39, 0.29) is 5.82 Å². The Balaban J connectivity index is 1.50. The molecule has 5 rings (SSSR count). The van der Waals surface area contributed by atoms with E-state index >= 15 is 0 Å². The fraction of sp³-hybridized carbons (Fsp3) is 0.300. The van der Waals surface area contributed by atoms with Crippen molar-refractivity contribution in [3.63, 3.8) is 0 Å². The average molecular weight is 492 g/mol. The smallest absolute Gasteiger partial charge is 0.209 e. The van der Waals surface area contributed by atoms with Crippen LogP contribution in [0.1, 0.15) is 23.1 Å². The van der Waals surface area contributed by atoms with Crippen LogP contribution in [0.2, 0.25) is 0 Å². The van der Waals surface area contributed by atoms with E-state index < -0.39 is 0 Å². The first-order valence-corrected chi connectivity index (χ1v) is 10.3. The lowest BCUT2D eigenvalue weighted by Crippen LogP contribution is -2.11. The normalized spacial score (nSPS) is 16.0. The molecule has 0 saturated heterocycles. The van der Waals surface area contributed by atoms with Gasteiger partial charge in [-0.05, 0) is 46.7 Å². The highest BCUT2D eigenvalue weighted by atomic mass is 127. The number of fused-ring (bicyclic) bond motifs is 2. The molecule has 0 fully saturated rings. The van der Waals surface area contributed by atoms with Crippen LogP contribution in [0.4, 0.5) is 10.3 Å². The van der Waals surface area contributed by atoms with Gasteiger partial charge in [-0.3, -0.25) is 4.40 Å². The van der Waals surface area contributed by atoms with Gasteiger partial charge in [-0.2, -0.15) is 0 Å². The predicted octanol–water partition coefficient (Wildman–Crippen LogP) is 3.82. The largest absolute Gasteiger partial charge is 0.493 e. The van der Waals surface area contributed by atoms with Crippen LogP contribution in [0, 0.1) is 9.52 Å². The summed E-state index contributed by atoms with van der Waals surface area (Å²) in [5, 5.41) is 3.29. The summed E-state index contributed by atoms with van der Waals surface area (Å²) in [7, 11) is 0. The van der Waals surface area contributed by atoms with E-state index in [0.29, 0.717) is 37.9 Å². The van der Waals surface area contributed by atoms with Gasteiger partial charge in [0.05, 0.1) is 25.3 Å². The van der Waals surface area contributed by atoms with Crippen LogP contribution in [0.5, 0.6) is 5.75 Å². The van der Waals surface area contributed by atoms with Gasteiger partial charge in [0.25, 0.3) is 0 Å². The Hall–Kier alpha value is -2.20. The summed E-state index contributed by atoms with van der Waals surface area (Å²) in [6.45, 7) is 2.27. The number of aromatic nitrogens is 3. The zero-order chi connectivity index (χ0) is 19.1. The number of hydrogen-bond donors (Lipinski definition) is 1. The minimum Gasteiger partial charge on any atom is -0.493 e. The molecule has 2 aliphatic rings. The Morgan fingerprint density at radius 2 is 2.14 bits per heavy atom. The third-order valence-electron chi connectivity index (χ3n) is 5.20. The first kappa shape index (κ1) is 17.9. The molecule has 144 valence electrons. The topological polar surface area (TPSA) is 60.7 Å². The van der Waals surface area contributed by atoms with Gasteiger partial charge in [0.15, 0.2) is 0 Å². The van der Waals surface area contributed by atoms with Crippen LogP contribution in [-0.2, 0) is 17.7 Å². The van der Waals surface area contributed by atoms with Crippen molar-refractivity contribution in [3.8, 4) is 5.75 Å². The fourth-order valence-electron chi connectivity index (χ4n) is 3.79. The molecule has 2 aliphatic heterocycles. The summed E-state index contributed by atoms with van der Waals surface area (Å²) in [6.07, 6.45) is 7.30. The molecule has 3 aromatic rings. The summed E-state index contributed by atoms with van der Waals surface area (Å²) < 4.78 is 28.2. The van der Waals surface area contributed by atoms with Crippen LogP contribution in [-0.4, -0.2) is 34.2 Å². The van der Waals surface area contributed by atoms with Crippen LogP contribution < -0.4 is 10.1 Å². The van der Waals surface area contributed by atoms with Gasteiger partial charge in [0.1, 0.15) is 21.6 Å². The second-order valence-corrected chi connectivity index (χ2v) is 7.78. The van der Waals surface area contributed by atoms with Gasteiger partial charge in [-0.15, -0.1) is 0 Å². The number of rotatable bonds is 4. The van der Waals surface area contributed by atoms with Crippen LogP contribution in [0.3, 0.4) is 0 Å². The van der Waals surface area contributed by atoms with Gasteiger partial charge in [-0.1, -0.05) is 6.08 Å². The molecule has 0 unspecified atom stereocenters. The van der Waals surface area contributed by atoms with E-state index in [0.717, 1.165) is 38.9 Å². The summed E-state index contributed by atoms with van der Waals surface area (Å²) in [5.74, 6) is 1.19. The third-order valence-corrected chi connectivity index (χ3v) is 5.98. The molecule has 28 heavy (non-hydrogen) atoms. The van der Waals surface area contributed by atoms with Crippen molar-refractivity contribution in [1.82, 2.24) is 14.4 Å². The maximum Gasteiger partial charge on any atom is 0.209 e. The van der Waals surface area contributed by atoms with Gasteiger partial charge in [0, 0.05) is 35.9 Å². The minimum absolute atomic E-state index is 0.225. The molecule has 0 spiro atoms. The highest BCUT2D eigenvalue weighted by Gasteiger charge is 2.21. The van der Waals surface area contributed by atoms with E-state index in [9.17, 15) is 4.39 Å². The van der Waals surface area contributed by atoms with Crippen molar-refractivity contribution in [1.29, 1.82) is 0 Å². The maximum absolute atomic E-state index is 14.4. The number of hydrogen-bond acceptors (Lipinski definition) is 5. The summed E-state index contributed by atoms with van der Waals surface area (Å²) >= 11 is 2.24. The third kappa shape index (κ3) is 3.04. The van der Waals surface area contributed by atoms with Gasteiger partial charge < -0.3 is 14.8 Å². The van der Waals surface area contributed by atoms with Gasteiger partial charge >= 0.3 is 0 Å². The maximum atomic E-state index is 14.4. The van der Waals surface area contributed by atoms with Crippen molar-refractivity contribution >= 4 is 39.6 Å². The average Bonchev–Trinajstić information content (AvgIpc) is 3.35. The van der Waals surface area contributed by atoms with Gasteiger partial charge in [0.2, 0.25) is 5.95 Å². The Morgan fingerprint density at radius 3 is 3.00 bits per heavy atom. The lowest BCUT2D eigenvalue weighted by atomic mass is 10.0. The molecule has 4 heterocycles. The van der Waals surface area contributed by atoms with E-state index in [1.807, 2.05) is 10.6 Å². The number of imidazole rings is 1. The molecule has 0 radical (unpaired) electrons. The SMILES string of the molecule is Fc1ccc2c(c1CNc1ncc(C3=CCOCC3)c3c(I)ncn13)CCO2. The Labute approximate surface area is 174 Å². The van der Waals surface area contributed by atoms with Crippen molar-refractivity contribution in [3.05, 3.63) is 56.9 Å². The quantitative estimate of drug-likeness (QED) is 0.562. The molecule has 0 atom stereocenters. The van der Waals surface area contributed by atoms with Crippen LogP contribution >= 0.6 is 22.6 Å². The molecule has 2 aromatic heterocycles. The van der Waals surface area contributed by atoms with Crippen LogP contribution in [0.15, 0.2) is 30.7 Å². The number of benzene rings is 1. The zero-order valence-corrected chi connectivity index (χ0v) is 17.2. The lowest BCUT2D eigenvalue weighted by Gasteiger charge is -2.17. The summed E-state index contributed by atoms with van der Waals surface area (Å²) in [5.41, 5.74) is 4.87. The molecule has 0 bridgehead atoms. The molecule has 0 amide bonds. The summed E-state index contributed by atoms with van der Waals surface area (Å²) in [6, 6.07) is 3.16. The minimum atomic E-state index is -0.225. The van der Waals surface area contributed by atoms with Crippen molar-refractivity contribution in [2.24, 2.45) is 0 Å². The van der Waals surface area contributed by atoms with E-state index in [1.54, 1.807) is 12.4 Å². The molecule has 1 aromatic carbocycles. The van der Waals surface area contributed by atoms with E-state index in [4.69, 9.17) is 9.47 Å². The Bertz CT molecular complexity index is 1100. The second-order valence-electron chi connectivity index (χ2n) is 6.76. The second kappa shape index (κ2) is 7.32. The highest BCUT2D eigenvalue weighted by Crippen LogP contribution is 2.32. The standard InChI is InChI=1S/C20H18FIN4O2/c21-16-1-2-17-13(5-8-28-17)15(16)10-24-20-23-9-14(12-3-6-27-7-4-12)18-19(22)25-11-26(18)20/h1-3,9,11H,4-8,10H2,(H,23,24). The number of halogens is 2. The molecule has 0 aliphatic carbocycles. The van der Waals surface area contributed by atoms with Gasteiger partial charge in [-0.25, -0.2) is 14.4 Å². The van der Waals surface area contributed by atoms with Crippen molar-refractivity contribution < 1.29 is 13.9 Å². The molecule has 8 heteroatoms. The number of nitrogens with zero attached hydrogens (tertiary/aromatic N) is 3. The zero-order valence-electron chi connectivity index (χ0n) is 15.0. The monoisotopic (exact) mass is 492 g/mol. The molecule has 1 N–H and O–H groups in total. The molecule has 0 saturated carbocycles. The number of anilines is 1. The fourth-order valence-corrected chi connectivity index (χ4v) is 4.46. The summed E-state index contributed by atoms with van der Waals surface area (Å²) in [4.78, 5) is 9.07. The molecular formula is C20H18FIN4O2. The van der Waals surface area contributed by atoms with Crippen molar-refractivity contribution in [2.75, 3.05) is 25.1 Å².